The largest absolute Gasteiger partial charge is 0.497 e. The summed E-state index contributed by atoms with van der Waals surface area (Å²) in [5.41, 5.74) is 2.21. The van der Waals surface area contributed by atoms with Gasteiger partial charge in [0, 0.05) is 16.6 Å². The van der Waals surface area contributed by atoms with Crippen LogP contribution in [0.1, 0.15) is 10.4 Å². The SMILES string of the molecule is COC(=O)c1ccc(NC(=O)Cn2cnc3scc(-c4ccc(OC)cc4)c3c2=O)cc1. The van der Waals surface area contributed by atoms with Crippen LogP contribution in [0.5, 0.6) is 5.75 Å². The van der Waals surface area contributed by atoms with Crippen molar-refractivity contribution in [1.82, 2.24) is 9.55 Å². The van der Waals surface area contributed by atoms with Crippen LogP contribution in [0.4, 0.5) is 5.69 Å². The average molecular weight is 449 g/mol. The first-order valence-corrected chi connectivity index (χ1v) is 10.5. The molecule has 0 saturated carbocycles. The van der Waals surface area contributed by atoms with Crippen LogP contribution in [0.25, 0.3) is 21.3 Å². The van der Waals surface area contributed by atoms with Crippen molar-refractivity contribution in [3.05, 3.63) is 76.2 Å². The molecule has 0 radical (unpaired) electrons. The van der Waals surface area contributed by atoms with E-state index >= 15 is 0 Å². The number of carbonyl (C=O) groups is 2. The number of nitrogens with one attached hydrogen (secondary N) is 1. The Morgan fingerprint density at radius 1 is 1.06 bits per heavy atom. The lowest BCUT2D eigenvalue weighted by molar-refractivity contribution is -0.116. The summed E-state index contributed by atoms with van der Waals surface area (Å²) in [5, 5.41) is 5.07. The minimum atomic E-state index is -0.461. The lowest BCUT2D eigenvalue weighted by atomic mass is 10.1. The molecule has 0 aliphatic rings. The number of hydrogen-bond donors (Lipinski definition) is 1. The highest BCUT2D eigenvalue weighted by molar-refractivity contribution is 7.17. The van der Waals surface area contributed by atoms with Crippen LogP contribution >= 0.6 is 11.3 Å². The summed E-state index contributed by atoms with van der Waals surface area (Å²) in [7, 11) is 2.89. The predicted molar refractivity (Wildman–Crippen MR) is 122 cm³/mol. The number of anilines is 1. The fourth-order valence-corrected chi connectivity index (χ4v) is 4.13. The number of rotatable bonds is 6. The molecule has 0 aliphatic carbocycles. The molecule has 1 N–H and O–H groups in total. The van der Waals surface area contributed by atoms with Crippen molar-refractivity contribution in [2.24, 2.45) is 0 Å². The molecule has 0 spiro atoms. The van der Waals surface area contributed by atoms with Gasteiger partial charge in [0.25, 0.3) is 5.56 Å². The van der Waals surface area contributed by atoms with E-state index in [1.54, 1.807) is 31.4 Å². The number of nitrogens with zero attached hydrogens (tertiary/aromatic N) is 2. The Labute approximate surface area is 187 Å². The topological polar surface area (TPSA) is 99.5 Å². The van der Waals surface area contributed by atoms with Crippen LogP contribution in [0, 0.1) is 0 Å². The summed E-state index contributed by atoms with van der Waals surface area (Å²) in [5.74, 6) is -0.127. The molecular formula is C23H19N3O5S. The highest BCUT2D eigenvalue weighted by Crippen LogP contribution is 2.31. The average Bonchev–Trinajstić information content (AvgIpc) is 3.26. The van der Waals surface area contributed by atoms with E-state index in [-0.39, 0.29) is 18.0 Å². The van der Waals surface area contributed by atoms with Crippen molar-refractivity contribution in [3.63, 3.8) is 0 Å². The van der Waals surface area contributed by atoms with Crippen molar-refractivity contribution in [1.29, 1.82) is 0 Å². The van der Waals surface area contributed by atoms with Gasteiger partial charge in [-0.15, -0.1) is 11.3 Å². The number of hydrogen-bond acceptors (Lipinski definition) is 7. The molecule has 1 amide bonds. The van der Waals surface area contributed by atoms with Crippen LogP contribution < -0.4 is 15.6 Å². The molecule has 2 aromatic carbocycles. The summed E-state index contributed by atoms with van der Waals surface area (Å²) >= 11 is 1.37. The molecule has 0 atom stereocenters. The van der Waals surface area contributed by atoms with Gasteiger partial charge in [0.15, 0.2) is 0 Å². The lowest BCUT2D eigenvalue weighted by Crippen LogP contribution is -2.27. The van der Waals surface area contributed by atoms with E-state index in [4.69, 9.17) is 4.74 Å². The molecule has 0 bridgehead atoms. The van der Waals surface area contributed by atoms with E-state index in [1.807, 2.05) is 29.6 Å². The van der Waals surface area contributed by atoms with Crippen LogP contribution in [0.3, 0.4) is 0 Å². The van der Waals surface area contributed by atoms with Crippen molar-refractivity contribution in [2.45, 2.75) is 6.54 Å². The van der Waals surface area contributed by atoms with Crippen molar-refractivity contribution >= 4 is 39.1 Å². The van der Waals surface area contributed by atoms with Gasteiger partial charge in [-0.3, -0.25) is 14.2 Å². The summed E-state index contributed by atoms with van der Waals surface area (Å²) < 4.78 is 11.1. The molecule has 4 rings (SSSR count). The first kappa shape index (κ1) is 21.3. The normalized spacial score (nSPS) is 10.7. The molecule has 2 aromatic heterocycles. The van der Waals surface area contributed by atoms with Gasteiger partial charge in [-0.05, 0) is 42.0 Å². The maximum absolute atomic E-state index is 13.1. The van der Waals surface area contributed by atoms with Crippen molar-refractivity contribution < 1.29 is 19.1 Å². The quantitative estimate of drug-likeness (QED) is 0.452. The van der Waals surface area contributed by atoms with E-state index in [1.165, 1.54) is 29.3 Å². The monoisotopic (exact) mass is 449 g/mol. The second kappa shape index (κ2) is 9.03. The van der Waals surface area contributed by atoms with E-state index in [0.29, 0.717) is 21.5 Å². The summed E-state index contributed by atoms with van der Waals surface area (Å²) in [6.07, 6.45) is 1.37. The highest BCUT2D eigenvalue weighted by Gasteiger charge is 2.15. The Balaban J connectivity index is 1.56. The number of carbonyl (C=O) groups excluding carboxylic acids is 2. The van der Waals surface area contributed by atoms with Crippen molar-refractivity contribution in [3.8, 4) is 16.9 Å². The first-order valence-electron chi connectivity index (χ1n) is 9.59. The van der Waals surface area contributed by atoms with E-state index in [0.717, 1.165) is 16.9 Å². The van der Waals surface area contributed by atoms with Gasteiger partial charge in [-0.2, -0.15) is 0 Å². The van der Waals surface area contributed by atoms with Gasteiger partial charge >= 0.3 is 5.97 Å². The Bertz CT molecular complexity index is 1340. The molecular weight excluding hydrogens is 430 g/mol. The van der Waals surface area contributed by atoms with E-state index in [2.05, 4.69) is 15.0 Å². The Hall–Kier alpha value is -3.98. The molecule has 8 nitrogen and oxygen atoms in total. The molecule has 4 aromatic rings. The van der Waals surface area contributed by atoms with Crippen LogP contribution in [-0.2, 0) is 16.1 Å². The summed E-state index contributed by atoms with van der Waals surface area (Å²) in [6, 6.07) is 13.7. The van der Waals surface area contributed by atoms with Gasteiger partial charge in [0.1, 0.15) is 17.1 Å². The molecule has 0 aliphatic heterocycles. The standard InChI is InChI=1S/C23H19N3O5S/c1-30-17-9-5-14(6-10-17)18-12-32-21-20(18)22(28)26(13-24-21)11-19(27)25-16-7-3-15(4-8-16)23(29)31-2/h3-10,12-13H,11H2,1-2H3,(H,25,27). The van der Waals surface area contributed by atoms with E-state index < -0.39 is 5.97 Å². The molecule has 32 heavy (non-hydrogen) atoms. The van der Waals surface area contributed by atoms with E-state index in [9.17, 15) is 14.4 Å². The zero-order chi connectivity index (χ0) is 22.7. The third kappa shape index (κ3) is 4.23. The third-order valence-electron chi connectivity index (χ3n) is 4.87. The number of aromatic nitrogens is 2. The van der Waals surface area contributed by atoms with Crippen LogP contribution in [0.2, 0.25) is 0 Å². The molecule has 0 fully saturated rings. The number of ether oxygens (including phenoxy) is 2. The van der Waals surface area contributed by atoms with Gasteiger partial charge in [0.05, 0.1) is 31.5 Å². The number of methoxy groups -OCH3 is 2. The number of esters is 1. The molecule has 0 unspecified atom stereocenters. The Kier molecular flexibility index (Phi) is 6.00. The predicted octanol–water partition coefficient (Wildman–Crippen LogP) is 3.56. The Morgan fingerprint density at radius 3 is 2.44 bits per heavy atom. The Morgan fingerprint density at radius 2 is 1.78 bits per heavy atom. The minimum Gasteiger partial charge on any atom is -0.497 e. The minimum absolute atomic E-state index is 0.196. The second-order valence-electron chi connectivity index (χ2n) is 6.85. The number of amides is 1. The fourth-order valence-electron chi connectivity index (χ4n) is 3.23. The smallest absolute Gasteiger partial charge is 0.337 e. The zero-order valence-electron chi connectivity index (χ0n) is 17.3. The van der Waals surface area contributed by atoms with Gasteiger partial charge in [0.2, 0.25) is 5.91 Å². The fraction of sp³-hybridized carbons (Fsp3) is 0.130. The third-order valence-corrected chi connectivity index (χ3v) is 5.75. The summed E-state index contributed by atoms with van der Waals surface area (Å²) in [6.45, 7) is -0.196. The summed E-state index contributed by atoms with van der Waals surface area (Å²) in [4.78, 5) is 42.1. The molecule has 0 saturated heterocycles. The second-order valence-corrected chi connectivity index (χ2v) is 7.71. The maximum atomic E-state index is 13.1. The van der Waals surface area contributed by atoms with Gasteiger partial charge in [-0.1, -0.05) is 12.1 Å². The molecule has 162 valence electrons. The molecule has 2 heterocycles. The van der Waals surface area contributed by atoms with Gasteiger partial charge in [-0.25, -0.2) is 9.78 Å². The number of fused-ring (bicyclic) bond motifs is 1. The van der Waals surface area contributed by atoms with Crippen LogP contribution in [-0.4, -0.2) is 35.6 Å². The zero-order valence-corrected chi connectivity index (χ0v) is 18.1. The number of thiophene rings is 1. The van der Waals surface area contributed by atoms with Crippen LogP contribution in [0.15, 0.2) is 65.0 Å². The van der Waals surface area contributed by atoms with Crippen molar-refractivity contribution in [2.75, 3.05) is 19.5 Å². The highest BCUT2D eigenvalue weighted by atomic mass is 32.1. The van der Waals surface area contributed by atoms with Gasteiger partial charge < -0.3 is 14.8 Å². The molecule has 9 heteroatoms. The first-order chi connectivity index (χ1) is 15.5. The lowest BCUT2D eigenvalue weighted by Gasteiger charge is -2.08. The maximum Gasteiger partial charge on any atom is 0.337 e. The number of benzene rings is 2.